The van der Waals surface area contributed by atoms with Gasteiger partial charge in [0, 0.05) is 6.92 Å². The Hall–Kier alpha value is -2.28. The van der Waals surface area contributed by atoms with Gasteiger partial charge in [-0.2, -0.15) is 0 Å². The molecule has 0 unspecified atom stereocenters. The van der Waals surface area contributed by atoms with Crippen molar-refractivity contribution in [3.05, 3.63) is 11.9 Å². The van der Waals surface area contributed by atoms with E-state index in [4.69, 9.17) is 9.47 Å². The number of nitrogens with one attached hydrogen (secondary N) is 1. The van der Waals surface area contributed by atoms with E-state index in [1.54, 1.807) is 6.92 Å². The highest BCUT2D eigenvalue weighted by atomic mass is 16.6. The van der Waals surface area contributed by atoms with Crippen LogP contribution in [0.2, 0.25) is 0 Å². The Morgan fingerprint density at radius 3 is 2.77 bits per heavy atom. The second-order valence-electron chi connectivity index (χ2n) is 6.31. The number of aromatic nitrogens is 3. The zero-order valence-electron chi connectivity index (χ0n) is 14.2. The van der Waals surface area contributed by atoms with Crippen LogP contribution < -0.4 is 5.32 Å². The molecule has 3 heterocycles. The van der Waals surface area contributed by atoms with E-state index in [2.05, 4.69) is 15.6 Å². The van der Waals surface area contributed by atoms with E-state index in [9.17, 15) is 24.9 Å². The van der Waals surface area contributed by atoms with Crippen LogP contribution in [0.25, 0.3) is 0 Å². The summed E-state index contributed by atoms with van der Waals surface area (Å²) < 4.78 is 11.6. The highest BCUT2D eigenvalue weighted by molar-refractivity contribution is 5.75. The van der Waals surface area contributed by atoms with Crippen molar-refractivity contribution in [2.75, 3.05) is 6.61 Å². The first kappa shape index (κ1) is 18.5. The molecule has 2 aliphatic rings. The number of aliphatic hydroxyl groups is 3. The van der Waals surface area contributed by atoms with Gasteiger partial charge in [0.25, 0.3) is 0 Å². The molecule has 3 rings (SSSR count). The molecule has 2 amide bonds. The summed E-state index contributed by atoms with van der Waals surface area (Å²) in [5.41, 5.74) is 0.364. The van der Waals surface area contributed by atoms with Crippen LogP contribution in [-0.4, -0.2) is 84.4 Å². The normalized spacial score (nSPS) is 34.7. The summed E-state index contributed by atoms with van der Waals surface area (Å²) in [4.78, 5) is 24.3. The molecule has 26 heavy (non-hydrogen) atoms. The molecule has 1 aromatic rings. The Labute approximate surface area is 148 Å². The maximum atomic E-state index is 11.8. The van der Waals surface area contributed by atoms with E-state index < -0.39 is 42.9 Å². The molecule has 4 N–H and O–H groups in total. The van der Waals surface area contributed by atoms with Gasteiger partial charge in [-0.25, -0.2) is 9.48 Å². The Bertz CT molecular complexity index is 682. The van der Waals surface area contributed by atoms with E-state index in [1.807, 2.05) is 0 Å². The van der Waals surface area contributed by atoms with Gasteiger partial charge in [0.1, 0.15) is 36.8 Å². The number of carbonyl (C=O) groups excluding carboxylic acids is 2. The van der Waals surface area contributed by atoms with Gasteiger partial charge in [0.15, 0.2) is 6.23 Å². The Morgan fingerprint density at radius 1 is 1.35 bits per heavy atom. The fraction of sp³-hybridized carbons (Fsp3) is 0.714. The number of ether oxygens (including phenoxy) is 2. The first-order valence-electron chi connectivity index (χ1n) is 8.08. The van der Waals surface area contributed by atoms with Crippen LogP contribution in [0.3, 0.4) is 0 Å². The van der Waals surface area contributed by atoms with Crippen LogP contribution in [0.1, 0.15) is 25.8 Å². The standard InChI is InChI=1S/C14H21N5O7/c1-6-10(21)11(22)12(23)13(26-6)19-4-8(16-17-19)3-18-9(15-7(2)20)5-25-14(18)24/h4,6,9-13,21-23H,3,5H2,1-2H3,(H,15,20)/t6-,9+,10-,11+,12+,13+/m0/s1. The zero-order valence-corrected chi connectivity index (χ0v) is 14.2. The third kappa shape index (κ3) is 3.49. The summed E-state index contributed by atoms with van der Waals surface area (Å²) in [5.74, 6) is -0.304. The summed E-state index contributed by atoms with van der Waals surface area (Å²) in [6, 6.07) is 0. The average molecular weight is 371 g/mol. The molecule has 0 bridgehead atoms. The van der Waals surface area contributed by atoms with E-state index in [1.165, 1.54) is 22.7 Å². The third-order valence-corrected chi connectivity index (χ3v) is 4.32. The third-order valence-electron chi connectivity index (χ3n) is 4.32. The van der Waals surface area contributed by atoms with Crippen LogP contribution in [-0.2, 0) is 20.8 Å². The van der Waals surface area contributed by atoms with Gasteiger partial charge in [-0.05, 0) is 6.92 Å². The minimum absolute atomic E-state index is 0.0212. The molecule has 2 aliphatic heterocycles. The van der Waals surface area contributed by atoms with E-state index in [-0.39, 0.29) is 19.1 Å². The molecule has 1 aromatic heterocycles. The van der Waals surface area contributed by atoms with E-state index in [0.717, 1.165) is 0 Å². The lowest BCUT2D eigenvalue weighted by molar-refractivity contribution is -0.243. The number of cyclic esters (lactones) is 1. The van der Waals surface area contributed by atoms with Crippen molar-refractivity contribution in [2.24, 2.45) is 0 Å². The first-order valence-corrected chi connectivity index (χ1v) is 8.08. The number of carbonyl (C=O) groups is 2. The molecule has 144 valence electrons. The van der Waals surface area contributed by atoms with Gasteiger partial charge in [0.05, 0.1) is 18.8 Å². The topological polar surface area (TPSA) is 159 Å². The molecule has 0 spiro atoms. The summed E-state index contributed by atoms with van der Waals surface area (Å²) in [5, 5.41) is 40.1. The molecule has 12 heteroatoms. The van der Waals surface area contributed by atoms with Gasteiger partial charge in [0.2, 0.25) is 5.91 Å². The van der Waals surface area contributed by atoms with E-state index in [0.29, 0.717) is 5.69 Å². The van der Waals surface area contributed by atoms with Crippen LogP contribution in [0, 0.1) is 0 Å². The summed E-state index contributed by atoms with van der Waals surface area (Å²) in [7, 11) is 0. The lowest BCUT2D eigenvalue weighted by Gasteiger charge is -2.38. The number of hydrogen-bond acceptors (Lipinski definition) is 9. The van der Waals surface area contributed by atoms with E-state index >= 15 is 0 Å². The van der Waals surface area contributed by atoms with Crippen molar-refractivity contribution in [3.8, 4) is 0 Å². The summed E-state index contributed by atoms with van der Waals surface area (Å²) >= 11 is 0. The monoisotopic (exact) mass is 371 g/mol. The summed E-state index contributed by atoms with van der Waals surface area (Å²) in [6.07, 6.45) is -5.54. The molecule has 0 saturated carbocycles. The van der Waals surface area contributed by atoms with Gasteiger partial charge in [-0.3, -0.25) is 9.69 Å². The highest BCUT2D eigenvalue weighted by Gasteiger charge is 2.43. The number of hydrogen-bond donors (Lipinski definition) is 4. The number of amides is 2. The Kier molecular flexibility index (Phi) is 5.09. The van der Waals surface area contributed by atoms with Crippen LogP contribution >= 0.6 is 0 Å². The number of rotatable bonds is 4. The van der Waals surface area contributed by atoms with Gasteiger partial charge >= 0.3 is 6.09 Å². The van der Waals surface area contributed by atoms with Crippen molar-refractivity contribution in [3.63, 3.8) is 0 Å². The smallest absolute Gasteiger partial charge is 0.412 e. The molecule has 6 atom stereocenters. The lowest BCUT2D eigenvalue weighted by Crippen LogP contribution is -2.54. The molecule has 0 aromatic carbocycles. The average Bonchev–Trinajstić information content (AvgIpc) is 3.18. The maximum absolute atomic E-state index is 11.8. The first-order chi connectivity index (χ1) is 12.3. The Morgan fingerprint density at radius 2 is 2.08 bits per heavy atom. The number of nitrogens with zero attached hydrogens (tertiary/aromatic N) is 4. The molecule has 0 radical (unpaired) electrons. The molecular weight excluding hydrogens is 350 g/mol. The van der Waals surface area contributed by atoms with Crippen LogP contribution in [0.5, 0.6) is 0 Å². The largest absolute Gasteiger partial charge is 0.445 e. The molecule has 12 nitrogen and oxygen atoms in total. The highest BCUT2D eigenvalue weighted by Crippen LogP contribution is 2.27. The fourth-order valence-electron chi connectivity index (χ4n) is 2.91. The SMILES string of the molecule is CC(=O)N[C@H]1COC(=O)N1Cc1cn([C@@H]2O[C@@H](C)[C@H](O)[C@@H](O)[C@H]2O)nn1. The quantitative estimate of drug-likeness (QED) is 0.456. The molecule has 2 saturated heterocycles. The van der Waals surface area contributed by atoms with Crippen molar-refractivity contribution >= 4 is 12.0 Å². The predicted octanol–water partition coefficient (Wildman–Crippen LogP) is -2.31. The molecule has 0 aliphatic carbocycles. The second-order valence-corrected chi connectivity index (χ2v) is 6.31. The number of aliphatic hydroxyl groups excluding tert-OH is 3. The van der Waals surface area contributed by atoms with Crippen molar-refractivity contribution in [2.45, 2.75) is 57.2 Å². The Balaban J connectivity index is 1.71. The molecule has 2 fully saturated rings. The predicted molar refractivity (Wildman–Crippen MR) is 82.1 cm³/mol. The van der Waals surface area contributed by atoms with Crippen LogP contribution in [0.15, 0.2) is 6.20 Å². The second kappa shape index (κ2) is 7.15. The van der Waals surface area contributed by atoms with Crippen LogP contribution in [0.4, 0.5) is 4.79 Å². The van der Waals surface area contributed by atoms with Gasteiger partial charge < -0.3 is 30.1 Å². The van der Waals surface area contributed by atoms with Gasteiger partial charge in [-0.15, -0.1) is 5.10 Å². The van der Waals surface area contributed by atoms with Crippen molar-refractivity contribution < 1.29 is 34.4 Å². The zero-order chi connectivity index (χ0) is 19.0. The molecular formula is C14H21N5O7. The van der Waals surface area contributed by atoms with Gasteiger partial charge in [-0.1, -0.05) is 5.21 Å². The fourth-order valence-corrected chi connectivity index (χ4v) is 2.91. The minimum atomic E-state index is -1.40. The maximum Gasteiger partial charge on any atom is 0.412 e. The lowest BCUT2D eigenvalue weighted by atomic mass is 9.99. The summed E-state index contributed by atoms with van der Waals surface area (Å²) in [6.45, 7) is 2.94. The van der Waals surface area contributed by atoms with Crippen molar-refractivity contribution in [1.82, 2.24) is 25.2 Å². The minimum Gasteiger partial charge on any atom is -0.445 e. The van der Waals surface area contributed by atoms with Crippen molar-refractivity contribution in [1.29, 1.82) is 0 Å².